The normalized spacial score (nSPS) is 18.7. The maximum Gasteiger partial charge on any atom is 0.248 e. The van der Waals surface area contributed by atoms with Crippen molar-refractivity contribution < 1.29 is 19.1 Å². The van der Waals surface area contributed by atoms with Crippen LogP contribution in [0.15, 0.2) is 42.5 Å². The number of hydrogen-bond donors (Lipinski definition) is 1. The largest absolute Gasteiger partial charge is 0.487 e. The molecule has 0 unspecified atom stereocenters. The number of ether oxygens (including phenoxy) is 2. The molecule has 1 aliphatic carbocycles. The van der Waals surface area contributed by atoms with Gasteiger partial charge in [-0.3, -0.25) is 9.59 Å². The van der Waals surface area contributed by atoms with E-state index in [1.165, 1.54) is 0 Å². The summed E-state index contributed by atoms with van der Waals surface area (Å²) in [6, 6.07) is 14.5. The first-order valence-corrected chi connectivity index (χ1v) is 10.6. The molecule has 2 N–H and O–H groups in total. The summed E-state index contributed by atoms with van der Waals surface area (Å²) in [6.45, 7) is 0.453. The van der Waals surface area contributed by atoms with Gasteiger partial charge in [-0.1, -0.05) is 12.1 Å². The summed E-state index contributed by atoms with van der Waals surface area (Å²) in [5.41, 5.74) is 7.41. The standard InChI is InChI=1S/C24H25N3O4/c25-10-11-30-21-9-8-16(13-22(21)31-20-6-1-2-7-20)18-14-23(28)27(15-18)19-5-3-4-17(12-19)24(26)29/h3-5,8-9,12-13,18,20H,1-2,6-7,11,14-15H2,(H2,26,29)/t18-/m0/s1. The Morgan fingerprint density at radius 1 is 1.16 bits per heavy atom. The lowest BCUT2D eigenvalue weighted by atomic mass is 9.98. The van der Waals surface area contributed by atoms with Gasteiger partial charge in [0, 0.05) is 30.1 Å². The molecule has 1 atom stereocenters. The summed E-state index contributed by atoms with van der Waals surface area (Å²) in [5.74, 6) is 0.635. The molecule has 1 aliphatic heterocycles. The second kappa shape index (κ2) is 9.09. The van der Waals surface area contributed by atoms with Gasteiger partial charge in [-0.15, -0.1) is 0 Å². The van der Waals surface area contributed by atoms with Crippen LogP contribution in [0.3, 0.4) is 0 Å². The third-order valence-electron chi connectivity index (χ3n) is 5.89. The van der Waals surface area contributed by atoms with E-state index in [0.717, 1.165) is 31.2 Å². The van der Waals surface area contributed by atoms with E-state index in [2.05, 4.69) is 0 Å². The average Bonchev–Trinajstić information content (AvgIpc) is 3.42. The lowest BCUT2D eigenvalue weighted by Crippen LogP contribution is -2.24. The van der Waals surface area contributed by atoms with E-state index in [4.69, 9.17) is 20.5 Å². The molecule has 31 heavy (non-hydrogen) atoms. The van der Waals surface area contributed by atoms with Gasteiger partial charge in [0.1, 0.15) is 6.07 Å². The van der Waals surface area contributed by atoms with E-state index in [0.29, 0.717) is 35.7 Å². The first-order chi connectivity index (χ1) is 15.0. The van der Waals surface area contributed by atoms with Gasteiger partial charge in [-0.2, -0.15) is 5.26 Å². The number of hydrogen-bond acceptors (Lipinski definition) is 5. The fourth-order valence-electron chi connectivity index (χ4n) is 4.29. The van der Waals surface area contributed by atoms with E-state index in [1.54, 1.807) is 29.2 Å². The van der Waals surface area contributed by atoms with Gasteiger partial charge >= 0.3 is 0 Å². The minimum absolute atomic E-state index is 0.00492. The number of benzene rings is 2. The molecule has 2 aliphatic rings. The monoisotopic (exact) mass is 419 g/mol. The van der Waals surface area contributed by atoms with Crippen molar-refractivity contribution >= 4 is 17.5 Å². The van der Waals surface area contributed by atoms with Crippen LogP contribution in [-0.2, 0) is 4.79 Å². The van der Waals surface area contributed by atoms with Gasteiger partial charge in [-0.25, -0.2) is 0 Å². The summed E-state index contributed by atoms with van der Waals surface area (Å²) in [7, 11) is 0. The van der Waals surface area contributed by atoms with Gasteiger partial charge < -0.3 is 20.1 Å². The van der Waals surface area contributed by atoms with Crippen molar-refractivity contribution in [3.8, 4) is 17.6 Å². The van der Waals surface area contributed by atoms with Crippen molar-refractivity contribution in [2.24, 2.45) is 5.73 Å². The van der Waals surface area contributed by atoms with Crippen LogP contribution in [0.1, 0.15) is 53.9 Å². The van der Waals surface area contributed by atoms with Gasteiger partial charge in [0.15, 0.2) is 18.1 Å². The van der Waals surface area contributed by atoms with E-state index in [1.807, 2.05) is 24.3 Å². The molecule has 7 nitrogen and oxygen atoms in total. The highest BCUT2D eigenvalue weighted by molar-refractivity contribution is 5.99. The molecule has 2 fully saturated rings. The van der Waals surface area contributed by atoms with Crippen molar-refractivity contribution in [1.29, 1.82) is 5.26 Å². The Labute approximate surface area is 181 Å². The second-order valence-electron chi connectivity index (χ2n) is 8.00. The third kappa shape index (κ3) is 4.64. The van der Waals surface area contributed by atoms with E-state index in [9.17, 15) is 9.59 Å². The first-order valence-electron chi connectivity index (χ1n) is 10.6. The number of nitrogens with two attached hydrogens (primary N) is 1. The van der Waals surface area contributed by atoms with E-state index in [-0.39, 0.29) is 24.5 Å². The zero-order valence-corrected chi connectivity index (χ0v) is 17.3. The zero-order chi connectivity index (χ0) is 21.8. The first kappa shape index (κ1) is 20.7. The van der Waals surface area contributed by atoms with E-state index < -0.39 is 5.91 Å². The SMILES string of the molecule is N#CCOc1ccc([C@H]2CC(=O)N(c3cccc(C(N)=O)c3)C2)cc1OC1CCCC1. The van der Waals surface area contributed by atoms with Crippen LogP contribution < -0.4 is 20.1 Å². The number of primary amides is 1. The molecule has 2 aromatic rings. The lowest BCUT2D eigenvalue weighted by Gasteiger charge is -2.20. The Balaban J connectivity index is 1.56. The molecule has 0 aromatic heterocycles. The predicted molar refractivity (Wildman–Crippen MR) is 115 cm³/mol. The highest BCUT2D eigenvalue weighted by atomic mass is 16.5. The molecule has 4 rings (SSSR count). The molecular formula is C24H25N3O4. The number of nitrogens with zero attached hydrogens (tertiary/aromatic N) is 2. The number of anilines is 1. The molecule has 1 saturated carbocycles. The smallest absolute Gasteiger partial charge is 0.248 e. The number of carbonyl (C=O) groups is 2. The minimum Gasteiger partial charge on any atom is -0.487 e. The molecule has 7 heteroatoms. The molecule has 0 bridgehead atoms. The van der Waals surface area contributed by atoms with Crippen LogP contribution >= 0.6 is 0 Å². The van der Waals surface area contributed by atoms with Crippen LogP contribution in [-0.4, -0.2) is 31.1 Å². The number of rotatable bonds is 7. The van der Waals surface area contributed by atoms with Crippen molar-refractivity contribution in [3.05, 3.63) is 53.6 Å². The van der Waals surface area contributed by atoms with Gasteiger partial charge in [0.05, 0.1) is 6.10 Å². The fourth-order valence-corrected chi connectivity index (χ4v) is 4.29. The van der Waals surface area contributed by atoms with Crippen molar-refractivity contribution in [1.82, 2.24) is 0 Å². The number of nitriles is 1. The highest BCUT2D eigenvalue weighted by Crippen LogP contribution is 2.38. The number of amides is 2. The quantitative estimate of drug-likeness (QED) is 0.739. The summed E-state index contributed by atoms with van der Waals surface area (Å²) < 4.78 is 11.8. The molecule has 2 aromatic carbocycles. The topological polar surface area (TPSA) is 106 Å². The average molecular weight is 419 g/mol. The maximum atomic E-state index is 12.7. The van der Waals surface area contributed by atoms with Gasteiger partial charge in [-0.05, 0) is 61.6 Å². The Morgan fingerprint density at radius 2 is 1.97 bits per heavy atom. The van der Waals surface area contributed by atoms with Crippen LogP contribution in [0.4, 0.5) is 5.69 Å². The van der Waals surface area contributed by atoms with Gasteiger partial charge in [0.25, 0.3) is 0 Å². The second-order valence-corrected chi connectivity index (χ2v) is 8.00. The Bertz CT molecular complexity index is 1020. The molecule has 160 valence electrons. The summed E-state index contributed by atoms with van der Waals surface area (Å²) in [4.78, 5) is 25.9. The number of carbonyl (C=O) groups excluding carboxylic acids is 2. The van der Waals surface area contributed by atoms with Crippen molar-refractivity contribution in [2.75, 3.05) is 18.1 Å². The maximum absolute atomic E-state index is 12.7. The Kier molecular flexibility index (Phi) is 6.08. The minimum atomic E-state index is -0.522. The summed E-state index contributed by atoms with van der Waals surface area (Å²) in [5, 5.41) is 8.86. The Morgan fingerprint density at radius 3 is 2.71 bits per heavy atom. The molecular weight excluding hydrogens is 394 g/mol. The van der Waals surface area contributed by atoms with Gasteiger partial charge in [0.2, 0.25) is 11.8 Å². The molecule has 2 amide bonds. The molecule has 1 saturated heterocycles. The summed E-state index contributed by atoms with van der Waals surface area (Å²) in [6.07, 6.45) is 4.83. The van der Waals surface area contributed by atoms with Crippen molar-refractivity contribution in [2.45, 2.75) is 44.1 Å². The lowest BCUT2D eigenvalue weighted by molar-refractivity contribution is -0.117. The van der Waals surface area contributed by atoms with Crippen LogP contribution in [0.5, 0.6) is 11.5 Å². The van der Waals surface area contributed by atoms with Crippen molar-refractivity contribution in [3.63, 3.8) is 0 Å². The third-order valence-corrected chi connectivity index (χ3v) is 5.89. The Hall–Kier alpha value is -3.53. The zero-order valence-electron chi connectivity index (χ0n) is 17.3. The van der Waals surface area contributed by atoms with Crippen LogP contribution in [0.25, 0.3) is 0 Å². The predicted octanol–water partition coefficient (Wildman–Crippen LogP) is 3.53. The highest BCUT2D eigenvalue weighted by Gasteiger charge is 2.32. The molecule has 1 heterocycles. The van der Waals surface area contributed by atoms with Crippen LogP contribution in [0, 0.1) is 11.3 Å². The fraction of sp³-hybridized carbons (Fsp3) is 0.375. The summed E-state index contributed by atoms with van der Waals surface area (Å²) >= 11 is 0. The van der Waals surface area contributed by atoms with Crippen LogP contribution in [0.2, 0.25) is 0 Å². The molecule has 0 radical (unpaired) electrons. The molecule has 0 spiro atoms. The van der Waals surface area contributed by atoms with E-state index >= 15 is 0 Å².